The van der Waals surface area contributed by atoms with Crippen LogP contribution in [0.25, 0.3) is 22.8 Å². The third-order valence-corrected chi connectivity index (χ3v) is 5.73. The van der Waals surface area contributed by atoms with E-state index in [1.807, 2.05) is 49.9 Å². The van der Waals surface area contributed by atoms with E-state index in [9.17, 15) is 13.6 Å². The van der Waals surface area contributed by atoms with Gasteiger partial charge in [0.25, 0.3) is 0 Å². The van der Waals surface area contributed by atoms with Crippen LogP contribution in [0, 0.1) is 18.6 Å². The SMILES string of the molecule is CCCN(CCC)C(=O)Cn1nc(-c2ccc(F)cc2)nc1-c1ccc(F)cc1.COc1cccc(C)c1. The number of halogens is 2. The van der Waals surface area contributed by atoms with Gasteiger partial charge in [-0.05, 0) is 86.0 Å². The minimum Gasteiger partial charge on any atom is -0.497 e. The van der Waals surface area contributed by atoms with Crippen molar-refractivity contribution in [3.8, 4) is 28.5 Å². The van der Waals surface area contributed by atoms with Gasteiger partial charge in [0, 0.05) is 24.2 Å². The number of aromatic nitrogens is 3. The zero-order chi connectivity index (χ0) is 27.5. The van der Waals surface area contributed by atoms with Gasteiger partial charge in [0.1, 0.15) is 23.9 Å². The van der Waals surface area contributed by atoms with E-state index in [1.54, 1.807) is 31.4 Å². The van der Waals surface area contributed by atoms with Crippen LogP contribution in [0.2, 0.25) is 0 Å². The quantitative estimate of drug-likeness (QED) is 0.251. The zero-order valence-corrected chi connectivity index (χ0v) is 22.3. The number of benzene rings is 3. The van der Waals surface area contributed by atoms with Crippen molar-refractivity contribution in [2.75, 3.05) is 20.2 Å². The summed E-state index contributed by atoms with van der Waals surface area (Å²) in [6.45, 7) is 7.49. The van der Waals surface area contributed by atoms with Crippen molar-refractivity contribution >= 4 is 5.91 Å². The molecule has 38 heavy (non-hydrogen) atoms. The molecule has 200 valence electrons. The lowest BCUT2D eigenvalue weighted by atomic mass is 10.2. The van der Waals surface area contributed by atoms with Gasteiger partial charge in [-0.1, -0.05) is 26.0 Å². The van der Waals surface area contributed by atoms with Crippen LogP contribution >= 0.6 is 0 Å². The van der Waals surface area contributed by atoms with Crippen LogP contribution in [0.4, 0.5) is 8.78 Å². The van der Waals surface area contributed by atoms with Gasteiger partial charge in [-0.25, -0.2) is 18.4 Å². The molecule has 6 nitrogen and oxygen atoms in total. The number of rotatable bonds is 9. The molecule has 0 aliphatic carbocycles. The van der Waals surface area contributed by atoms with Gasteiger partial charge in [-0.2, -0.15) is 0 Å². The van der Waals surface area contributed by atoms with Gasteiger partial charge in [-0.15, -0.1) is 5.10 Å². The van der Waals surface area contributed by atoms with E-state index in [2.05, 4.69) is 10.1 Å². The maximum atomic E-state index is 13.4. The largest absolute Gasteiger partial charge is 0.497 e. The molecule has 8 heteroatoms. The second-order valence-corrected chi connectivity index (χ2v) is 8.83. The number of aryl methyl sites for hydroxylation is 1. The average Bonchev–Trinajstić information content (AvgIpc) is 3.33. The van der Waals surface area contributed by atoms with E-state index in [1.165, 1.54) is 34.5 Å². The predicted molar refractivity (Wildman–Crippen MR) is 146 cm³/mol. The smallest absolute Gasteiger partial charge is 0.244 e. The van der Waals surface area contributed by atoms with E-state index < -0.39 is 0 Å². The molecule has 0 N–H and O–H groups in total. The fourth-order valence-corrected chi connectivity index (χ4v) is 3.86. The van der Waals surface area contributed by atoms with Crippen LogP contribution in [-0.4, -0.2) is 45.8 Å². The topological polar surface area (TPSA) is 60.2 Å². The lowest BCUT2D eigenvalue weighted by molar-refractivity contribution is -0.132. The van der Waals surface area contributed by atoms with Crippen LogP contribution in [-0.2, 0) is 11.3 Å². The molecule has 3 aromatic carbocycles. The summed E-state index contributed by atoms with van der Waals surface area (Å²) in [5.74, 6) is 1.02. The fraction of sp³-hybridized carbons (Fsp3) is 0.300. The van der Waals surface area contributed by atoms with Crippen molar-refractivity contribution in [3.63, 3.8) is 0 Å². The molecule has 0 saturated heterocycles. The minimum atomic E-state index is -0.355. The van der Waals surface area contributed by atoms with Gasteiger partial charge in [-0.3, -0.25) is 4.79 Å². The van der Waals surface area contributed by atoms with Crippen molar-refractivity contribution in [1.82, 2.24) is 19.7 Å². The number of hydrogen-bond acceptors (Lipinski definition) is 4. The van der Waals surface area contributed by atoms with Crippen LogP contribution in [0.3, 0.4) is 0 Å². The van der Waals surface area contributed by atoms with Crippen LogP contribution in [0.15, 0.2) is 72.8 Å². The number of carbonyl (C=O) groups excluding carboxylic acids is 1. The number of methoxy groups -OCH3 is 1. The molecule has 1 heterocycles. The van der Waals surface area contributed by atoms with Crippen LogP contribution in [0.5, 0.6) is 5.75 Å². The highest BCUT2D eigenvalue weighted by molar-refractivity contribution is 5.77. The second-order valence-electron chi connectivity index (χ2n) is 8.83. The molecule has 0 aliphatic heterocycles. The Morgan fingerprint density at radius 3 is 1.97 bits per heavy atom. The standard InChI is InChI=1S/C22H24F2N4O.C8H10O/c1-3-13-27(14-4-2)20(29)15-28-22(17-7-11-19(24)12-8-17)25-21(26-28)16-5-9-18(23)10-6-16;1-7-4-3-5-8(6-7)9-2/h5-12H,3-4,13-15H2,1-2H3;3-6H,1-2H3. The Kier molecular flexibility index (Phi) is 10.5. The Bertz CT molecular complexity index is 1300. The normalized spacial score (nSPS) is 10.5. The van der Waals surface area contributed by atoms with Gasteiger partial charge in [0.05, 0.1) is 7.11 Å². The highest BCUT2D eigenvalue weighted by Crippen LogP contribution is 2.23. The Morgan fingerprint density at radius 1 is 0.895 bits per heavy atom. The van der Waals surface area contributed by atoms with Crippen LogP contribution < -0.4 is 4.74 Å². The first-order valence-electron chi connectivity index (χ1n) is 12.7. The van der Waals surface area contributed by atoms with Crippen molar-refractivity contribution in [2.45, 2.75) is 40.2 Å². The Hall–Kier alpha value is -4.07. The highest BCUT2D eigenvalue weighted by atomic mass is 19.1. The first kappa shape index (κ1) is 28.5. The molecule has 1 amide bonds. The molecule has 0 saturated carbocycles. The third-order valence-electron chi connectivity index (χ3n) is 5.73. The molecule has 4 rings (SSSR count). The summed E-state index contributed by atoms with van der Waals surface area (Å²) in [6, 6.07) is 19.7. The summed E-state index contributed by atoms with van der Waals surface area (Å²) >= 11 is 0. The van der Waals surface area contributed by atoms with Gasteiger partial charge >= 0.3 is 0 Å². The maximum absolute atomic E-state index is 13.4. The summed E-state index contributed by atoms with van der Waals surface area (Å²) in [6.07, 6.45) is 1.74. The Morgan fingerprint density at radius 2 is 1.47 bits per heavy atom. The average molecular weight is 521 g/mol. The lowest BCUT2D eigenvalue weighted by Gasteiger charge is -2.21. The molecule has 0 radical (unpaired) electrons. The first-order valence-corrected chi connectivity index (χ1v) is 12.7. The Balaban J connectivity index is 0.000000375. The number of carbonyl (C=O) groups is 1. The number of hydrogen-bond donors (Lipinski definition) is 0. The predicted octanol–water partition coefficient (Wildman–Crippen LogP) is 6.54. The molecule has 0 bridgehead atoms. The molecule has 0 spiro atoms. The summed E-state index contributed by atoms with van der Waals surface area (Å²) in [4.78, 5) is 19.2. The molecular formula is C30H34F2N4O2. The molecule has 0 aliphatic rings. The molecule has 0 atom stereocenters. The molecule has 0 unspecified atom stereocenters. The number of nitrogens with zero attached hydrogens (tertiary/aromatic N) is 4. The summed E-state index contributed by atoms with van der Waals surface area (Å²) in [7, 11) is 1.68. The van der Waals surface area contributed by atoms with Crippen molar-refractivity contribution < 1.29 is 18.3 Å². The van der Waals surface area contributed by atoms with E-state index in [4.69, 9.17) is 4.74 Å². The lowest BCUT2D eigenvalue weighted by Crippen LogP contribution is -2.35. The molecule has 1 aromatic heterocycles. The van der Waals surface area contributed by atoms with Gasteiger partial charge < -0.3 is 9.64 Å². The van der Waals surface area contributed by atoms with Crippen LogP contribution in [0.1, 0.15) is 32.3 Å². The fourth-order valence-electron chi connectivity index (χ4n) is 3.86. The molecular weight excluding hydrogens is 486 g/mol. The minimum absolute atomic E-state index is 0.0287. The zero-order valence-electron chi connectivity index (χ0n) is 22.3. The number of ether oxygens (including phenoxy) is 1. The van der Waals surface area contributed by atoms with Gasteiger partial charge in [0.2, 0.25) is 5.91 Å². The van der Waals surface area contributed by atoms with Crippen molar-refractivity contribution in [2.24, 2.45) is 0 Å². The summed E-state index contributed by atoms with van der Waals surface area (Å²) in [5.41, 5.74) is 2.52. The summed E-state index contributed by atoms with van der Waals surface area (Å²) in [5, 5.41) is 4.49. The van der Waals surface area contributed by atoms with E-state index in [0.717, 1.165) is 18.6 Å². The van der Waals surface area contributed by atoms with Gasteiger partial charge in [0.15, 0.2) is 11.6 Å². The van der Waals surface area contributed by atoms with E-state index in [-0.39, 0.29) is 24.1 Å². The highest BCUT2D eigenvalue weighted by Gasteiger charge is 2.19. The summed E-state index contributed by atoms with van der Waals surface area (Å²) < 4.78 is 33.2. The Labute approximate surface area is 222 Å². The molecule has 4 aromatic rings. The maximum Gasteiger partial charge on any atom is 0.244 e. The number of amides is 1. The van der Waals surface area contributed by atoms with Crippen molar-refractivity contribution in [3.05, 3.63) is 90.0 Å². The van der Waals surface area contributed by atoms with Crippen molar-refractivity contribution in [1.29, 1.82) is 0 Å². The second kappa shape index (κ2) is 14.0. The third kappa shape index (κ3) is 7.96. The van der Waals surface area contributed by atoms with E-state index >= 15 is 0 Å². The first-order chi connectivity index (χ1) is 18.3. The van der Waals surface area contributed by atoms with E-state index in [0.29, 0.717) is 35.9 Å². The molecule has 0 fully saturated rings. The monoisotopic (exact) mass is 520 g/mol.